The Bertz CT molecular complexity index is 2340. The zero-order chi connectivity index (χ0) is 44.9. The van der Waals surface area contributed by atoms with Crippen molar-refractivity contribution in [2.24, 2.45) is 10.8 Å². The lowest BCUT2D eigenvalue weighted by atomic mass is 9.56. The smallest absolute Gasteiger partial charge is 0.137 e. The summed E-state index contributed by atoms with van der Waals surface area (Å²) in [5.41, 5.74) is 4.42. The van der Waals surface area contributed by atoms with Crippen LogP contribution in [0, 0.1) is 24.7 Å². The predicted molar refractivity (Wildman–Crippen MR) is 272 cm³/mol. The van der Waals surface area contributed by atoms with Crippen molar-refractivity contribution >= 4 is 17.0 Å². The molecule has 12 rings (SSSR count). The van der Waals surface area contributed by atoms with Crippen molar-refractivity contribution in [2.45, 2.75) is 70.0 Å². The van der Waals surface area contributed by atoms with Gasteiger partial charge in [-0.05, 0) is 60.4 Å². The first-order valence-electron chi connectivity index (χ1n) is 24.4. The summed E-state index contributed by atoms with van der Waals surface area (Å²) in [5.74, 6) is 1.91. The van der Waals surface area contributed by atoms with Crippen molar-refractivity contribution in [3.05, 3.63) is 203 Å². The monoisotopic (exact) mass is 1110 g/mol. The Balaban J connectivity index is 0.000000215. The molecule has 6 aliphatic heterocycles. The van der Waals surface area contributed by atoms with E-state index in [2.05, 4.69) is 86.6 Å². The highest BCUT2D eigenvalue weighted by atomic mass is 79.9. The highest BCUT2D eigenvalue weighted by molar-refractivity contribution is 8.93. The van der Waals surface area contributed by atoms with E-state index in [4.69, 9.17) is 9.47 Å². The van der Waals surface area contributed by atoms with E-state index in [0.717, 1.165) is 149 Å². The fourth-order valence-electron chi connectivity index (χ4n) is 12.5. The van der Waals surface area contributed by atoms with Gasteiger partial charge in [-0.1, -0.05) is 157 Å². The van der Waals surface area contributed by atoms with Crippen LogP contribution in [0.5, 0.6) is 11.5 Å². The third-order valence-electron chi connectivity index (χ3n) is 16.5. The van der Waals surface area contributed by atoms with E-state index in [1.807, 2.05) is 97.1 Å². The summed E-state index contributed by atoms with van der Waals surface area (Å²) in [6, 6.07) is 58.0. The van der Waals surface area contributed by atoms with Gasteiger partial charge < -0.3 is 62.6 Å². The lowest BCUT2D eigenvalue weighted by molar-refractivity contribution is -0.946. The van der Waals surface area contributed by atoms with Crippen LogP contribution < -0.4 is 43.4 Å². The molecule has 4 bridgehead atoms. The minimum atomic E-state index is -0.960. The molecule has 0 aliphatic carbocycles. The standard InChI is InChI=1S/C31H38NO2.C28H32NO2.3BrH/c1-25-9-6-11-27(23-25)31(33,28-12-7-10-26(2)24-28)30-15-19-32(20-16-30,21-17-30)18-8-22-34-29-13-4-3-5-14-29;30-28(24-10-4-1-5-11-24,25-12-6-2-7-13-25)27-16-19-29(20-17-27,21-18-27)22-23-31-26-14-8-3-9-15-26;;;/h3-7,9-14,23-24,33H,8,15-22H2,1-2H3;1-15,30H,16-23H2;3*1H/q2*+1;;;/p-2. The first-order valence-corrected chi connectivity index (χ1v) is 24.4. The minimum Gasteiger partial charge on any atom is -1.00 e. The summed E-state index contributed by atoms with van der Waals surface area (Å²) in [5, 5.41) is 25.1. The molecule has 6 nitrogen and oxygen atoms in total. The largest absolute Gasteiger partial charge is 1.00 e. The number of halogens is 3. The molecule has 0 aromatic heterocycles. The summed E-state index contributed by atoms with van der Waals surface area (Å²) >= 11 is 0. The van der Waals surface area contributed by atoms with Gasteiger partial charge in [0.05, 0.1) is 52.4 Å². The second-order valence-corrected chi connectivity index (χ2v) is 20.1. The molecule has 0 unspecified atom stereocenters. The third kappa shape index (κ3) is 10.8. The molecule has 0 atom stereocenters. The molecule has 0 saturated carbocycles. The Morgan fingerprint density at radius 2 is 0.750 bits per heavy atom. The second kappa shape index (κ2) is 23.0. The number of benzene rings is 6. The Morgan fingerprint density at radius 1 is 0.426 bits per heavy atom. The first-order chi connectivity index (χ1) is 31.6. The number of fused-ring (bicyclic) bond motifs is 6. The van der Waals surface area contributed by atoms with E-state index < -0.39 is 11.2 Å². The van der Waals surface area contributed by atoms with Gasteiger partial charge in [-0.15, -0.1) is 17.0 Å². The SMILES string of the molecule is Br.Cc1cccc(C(O)(c2cccc(C)c2)C23CC[N+](CCCOc4ccccc4)(CC2)CC3)c1.OC(c1ccccc1)(c1ccccc1)C12CC[N+](CCOc3ccccc3)(CC1)CC2.[Br-].[Br-]. The van der Waals surface area contributed by atoms with Crippen LogP contribution in [0.4, 0.5) is 0 Å². The molecule has 6 aromatic rings. The van der Waals surface area contributed by atoms with Crippen LogP contribution in [-0.4, -0.2) is 84.8 Å². The van der Waals surface area contributed by atoms with Gasteiger partial charge in [-0.2, -0.15) is 0 Å². The molecular formula is C59H71Br3N2O4. The molecule has 2 N–H and O–H groups in total. The van der Waals surface area contributed by atoms with E-state index in [0.29, 0.717) is 0 Å². The molecule has 6 heterocycles. The fourth-order valence-corrected chi connectivity index (χ4v) is 12.5. The Labute approximate surface area is 437 Å². The molecule has 0 amide bonds. The highest BCUT2D eigenvalue weighted by Gasteiger charge is 2.61. The zero-order valence-corrected chi connectivity index (χ0v) is 44.8. The molecule has 0 spiro atoms. The van der Waals surface area contributed by atoms with E-state index in [-0.39, 0.29) is 61.8 Å². The van der Waals surface area contributed by atoms with Crippen LogP contribution in [0.1, 0.15) is 78.3 Å². The van der Waals surface area contributed by atoms with Gasteiger partial charge in [-0.25, -0.2) is 0 Å². The zero-order valence-electron chi connectivity index (χ0n) is 40.0. The predicted octanol–water partition coefficient (Wildman–Crippen LogP) is 5.60. The number of aliphatic hydroxyl groups is 2. The van der Waals surface area contributed by atoms with Gasteiger partial charge in [0.15, 0.2) is 0 Å². The Morgan fingerprint density at radius 3 is 1.13 bits per heavy atom. The summed E-state index contributed by atoms with van der Waals surface area (Å²) in [6.07, 6.45) is 7.37. The summed E-state index contributed by atoms with van der Waals surface area (Å²) in [4.78, 5) is 0. The maximum Gasteiger partial charge on any atom is 0.137 e. The van der Waals surface area contributed by atoms with Gasteiger partial charge in [0.25, 0.3) is 0 Å². The summed E-state index contributed by atoms with van der Waals surface area (Å²) in [7, 11) is 0. The molecule has 6 aromatic carbocycles. The quantitative estimate of drug-likeness (QED) is 0.104. The van der Waals surface area contributed by atoms with Gasteiger partial charge in [0.2, 0.25) is 0 Å². The number of rotatable bonds is 15. The van der Waals surface area contributed by atoms with Crippen molar-refractivity contribution in [1.82, 2.24) is 0 Å². The highest BCUT2D eigenvalue weighted by Crippen LogP contribution is 2.59. The number of ether oxygens (including phenoxy) is 2. The lowest BCUT2D eigenvalue weighted by Crippen LogP contribution is -3.00. The Kier molecular flexibility index (Phi) is 18.1. The van der Waals surface area contributed by atoms with Gasteiger partial charge >= 0.3 is 0 Å². The van der Waals surface area contributed by atoms with Crippen LogP contribution in [0.3, 0.4) is 0 Å². The topological polar surface area (TPSA) is 58.9 Å². The molecule has 6 aliphatic rings. The summed E-state index contributed by atoms with van der Waals surface area (Å²) < 4.78 is 14.3. The van der Waals surface area contributed by atoms with Crippen LogP contribution in [0.15, 0.2) is 170 Å². The number of quaternary nitrogens is 2. The maximum absolute atomic E-state index is 12.7. The Hall–Kier alpha value is -3.80. The fraction of sp³-hybridized carbons (Fsp3) is 0.390. The molecule has 362 valence electrons. The van der Waals surface area contributed by atoms with Crippen molar-refractivity contribution in [3.63, 3.8) is 0 Å². The average molecular weight is 1110 g/mol. The van der Waals surface area contributed by atoms with Crippen molar-refractivity contribution in [1.29, 1.82) is 0 Å². The van der Waals surface area contributed by atoms with E-state index >= 15 is 0 Å². The number of piperidine rings is 6. The van der Waals surface area contributed by atoms with Gasteiger partial charge in [0, 0.05) is 55.8 Å². The number of hydrogen-bond acceptors (Lipinski definition) is 4. The average Bonchev–Trinajstić information content (AvgIpc) is 3.37. The molecule has 6 fully saturated rings. The van der Waals surface area contributed by atoms with E-state index in [1.165, 1.54) is 15.6 Å². The third-order valence-corrected chi connectivity index (χ3v) is 16.5. The molecule has 68 heavy (non-hydrogen) atoms. The van der Waals surface area contributed by atoms with Gasteiger partial charge in [-0.3, -0.25) is 0 Å². The maximum atomic E-state index is 12.7. The molecule has 6 saturated heterocycles. The van der Waals surface area contributed by atoms with Crippen LogP contribution in [-0.2, 0) is 11.2 Å². The van der Waals surface area contributed by atoms with E-state index in [9.17, 15) is 10.2 Å². The second-order valence-electron chi connectivity index (χ2n) is 20.1. The molecule has 0 radical (unpaired) electrons. The van der Waals surface area contributed by atoms with Crippen LogP contribution >= 0.6 is 17.0 Å². The number of hydrogen-bond donors (Lipinski definition) is 2. The minimum absolute atomic E-state index is 0. The van der Waals surface area contributed by atoms with Crippen LogP contribution in [0.25, 0.3) is 0 Å². The number of nitrogens with zero attached hydrogens (tertiary/aromatic N) is 2. The summed E-state index contributed by atoms with van der Waals surface area (Å²) in [6.45, 7) is 14.7. The molecular weight excluding hydrogens is 1040 g/mol. The lowest BCUT2D eigenvalue weighted by Gasteiger charge is -2.60. The first kappa shape index (κ1) is 53.5. The van der Waals surface area contributed by atoms with E-state index in [1.54, 1.807) is 0 Å². The molecule has 9 heteroatoms. The van der Waals surface area contributed by atoms with Crippen molar-refractivity contribution in [2.75, 3.05) is 65.6 Å². The van der Waals surface area contributed by atoms with Crippen LogP contribution in [0.2, 0.25) is 0 Å². The number of aryl methyl sites for hydroxylation is 2. The van der Waals surface area contributed by atoms with Crippen molar-refractivity contribution in [3.8, 4) is 11.5 Å². The van der Waals surface area contributed by atoms with Crippen molar-refractivity contribution < 1.29 is 62.6 Å². The normalized spacial score (nSPS) is 23.6. The number of para-hydroxylation sites is 2. The van der Waals surface area contributed by atoms with Gasteiger partial charge in [0.1, 0.15) is 35.9 Å².